The fraction of sp³-hybridized carbons (Fsp3) is 0.923. The minimum absolute atomic E-state index is 0.0784. The molecule has 2 aliphatic carbocycles. The van der Waals surface area contributed by atoms with E-state index in [-0.39, 0.29) is 18.0 Å². The largest absolute Gasteiger partial charge is 0.462 e. The second kappa shape index (κ2) is 3.78. The molecule has 3 heteroatoms. The van der Waals surface area contributed by atoms with Crippen LogP contribution in [0, 0.1) is 23.7 Å². The average Bonchev–Trinajstić information content (AvgIpc) is 2.82. The highest BCUT2D eigenvalue weighted by atomic mass is 16.6. The first-order valence-electron chi connectivity index (χ1n) is 6.72. The van der Waals surface area contributed by atoms with E-state index in [1.165, 1.54) is 19.3 Å². The van der Waals surface area contributed by atoms with Crippen molar-refractivity contribution in [2.45, 2.75) is 51.4 Å². The molecule has 1 aliphatic heterocycles. The quantitative estimate of drug-likeness (QED) is 0.500. The van der Waals surface area contributed by atoms with Crippen molar-refractivity contribution in [3.8, 4) is 0 Å². The lowest BCUT2D eigenvalue weighted by atomic mass is 9.48. The number of hydrogen-bond acceptors (Lipinski definition) is 2. The van der Waals surface area contributed by atoms with Gasteiger partial charge in [0.25, 0.3) is 0 Å². The minimum atomic E-state index is 0.0784. The van der Waals surface area contributed by atoms with Crippen molar-refractivity contribution in [3.05, 3.63) is 0 Å². The fourth-order valence-corrected chi connectivity index (χ4v) is 4.61. The molecule has 1 heterocycles. The maximum Gasteiger partial charge on any atom is 0.309 e. The lowest BCUT2D eigenvalue weighted by Crippen LogP contribution is -2.38. The Morgan fingerprint density at radius 3 is 2.94 bits per heavy atom. The zero-order valence-electron chi connectivity index (χ0n) is 10.2. The second-order valence-corrected chi connectivity index (χ2v) is 5.83. The summed E-state index contributed by atoms with van der Waals surface area (Å²) in [6, 6.07) is 0. The summed E-state index contributed by atoms with van der Waals surface area (Å²) in [7, 11) is 2.35. The predicted molar refractivity (Wildman–Crippen MR) is 63.4 cm³/mol. The lowest BCUT2D eigenvalue weighted by molar-refractivity contribution is -0.144. The van der Waals surface area contributed by atoms with Gasteiger partial charge < -0.3 is 4.74 Å². The molecule has 0 aromatic heterocycles. The first-order valence-corrected chi connectivity index (χ1v) is 6.72. The van der Waals surface area contributed by atoms with Crippen molar-refractivity contribution in [1.82, 2.24) is 0 Å². The van der Waals surface area contributed by atoms with Crippen molar-refractivity contribution in [1.29, 1.82) is 0 Å². The van der Waals surface area contributed by atoms with E-state index in [2.05, 4.69) is 21.0 Å². The van der Waals surface area contributed by atoms with Crippen molar-refractivity contribution in [3.63, 3.8) is 0 Å². The maximum absolute atomic E-state index is 11.8. The van der Waals surface area contributed by atoms with Gasteiger partial charge in [0.2, 0.25) is 0 Å². The summed E-state index contributed by atoms with van der Waals surface area (Å²) in [5, 5.41) is 0. The highest BCUT2D eigenvalue weighted by Gasteiger charge is 2.54. The molecule has 3 aliphatic rings. The molecule has 0 aromatic rings. The molecule has 0 unspecified atom stereocenters. The van der Waals surface area contributed by atoms with Crippen LogP contribution in [0.2, 0.25) is 12.6 Å². The number of fused-ring (bicyclic) bond motifs is 2. The molecule has 16 heavy (non-hydrogen) atoms. The first kappa shape index (κ1) is 10.7. The number of rotatable bonds is 1. The monoisotopic (exact) mass is 219 g/mol. The highest BCUT2D eigenvalue weighted by molar-refractivity contribution is 6.36. The van der Waals surface area contributed by atoms with E-state index in [1.54, 1.807) is 0 Å². The summed E-state index contributed by atoms with van der Waals surface area (Å²) in [6.07, 6.45) is 5.30. The summed E-state index contributed by atoms with van der Waals surface area (Å²) in [4.78, 5) is 11.8. The zero-order chi connectivity index (χ0) is 11.3. The van der Waals surface area contributed by atoms with Crippen LogP contribution in [-0.4, -0.2) is 19.4 Å². The molecule has 1 radical (unpaired) electrons. The summed E-state index contributed by atoms with van der Waals surface area (Å²) < 4.78 is 5.45. The standard InChI is InChI=1S/C13H20BO2/c1-7-11-10(13(15)16-7)6-8-4-3-5-9(8)12(11)14-2/h7-12H,3-6H2,1-2H3/t7-,8+,9-,10-,11-,12+/m1/s1. The van der Waals surface area contributed by atoms with Gasteiger partial charge in [-0.15, -0.1) is 0 Å². The van der Waals surface area contributed by atoms with E-state index in [9.17, 15) is 4.79 Å². The van der Waals surface area contributed by atoms with Crippen LogP contribution >= 0.6 is 0 Å². The van der Waals surface area contributed by atoms with Gasteiger partial charge in [0.1, 0.15) is 13.4 Å². The van der Waals surface area contributed by atoms with E-state index in [0.717, 1.165) is 18.3 Å². The van der Waals surface area contributed by atoms with E-state index in [0.29, 0.717) is 11.7 Å². The Bertz CT molecular complexity index is 304. The van der Waals surface area contributed by atoms with E-state index in [1.807, 2.05) is 0 Å². The molecule has 3 rings (SSSR count). The molecule has 6 atom stereocenters. The van der Waals surface area contributed by atoms with E-state index in [4.69, 9.17) is 4.74 Å². The molecule has 2 nitrogen and oxygen atoms in total. The SMILES string of the molecule is C[B][C@H]1[C@@H]2CCC[C@H]2C[C@H]2C(=O)O[C@H](C)[C@@H]12. The van der Waals surface area contributed by atoms with Gasteiger partial charge in [0.05, 0.1) is 5.92 Å². The molecule has 0 amide bonds. The van der Waals surface area contributed by atoms with Gasteiger partial charge in [-0.3, -0.25) is 4.79 Å². The molecule has 87 valence electrons. The van der Waals surface area contributed by atoms with E-state index < -0.39 is 0 Å². The van der Waals surface area contributed by atoms with Crippen LogP contribution < -0.4 is 0 Å². The molecule has 1 saturated heterocycles. The van der Waals surface area contributed by atoms with Gasteiger partial charge in [0, 0.05) is 5.92 Å². The van der Waals surface area contributed by atoms with Gasteiger partial charge in [-0.05, 0) is 25.2 Å². The van der Waals surface area contributed by atoms with Crippen LogP contribution in [0.4, 0.5) is 0 Å². The summed E-state index contributed by atoms with van der Waals surface area (Å²) >= 11 is 0. The summed E-state index contributed by atoms with van der Waals surface area (Å²) in [5.74, 6) is 3.00. The fourth-order valence-electron chi connectivity index (χ4n) is 4.61. The third-order valence-electron chi connectivity index (χ3n) is 5.21. The lowest BCUT2D eigenvalue weighted by Gasteiger charge is -2.41. The summed E-state index contributed by atoms with van der Waals surface area (Å²) in [6.45, 7) is 4.24. The van der Waals surface area contributed by atoms with Crippen LogP contribution in [0.1, 0.15) is 32.6 Å². The van der Waals surface area contributed by atoms with Gasteiger partial charge >= 0.3 is 5.97 Å². The molecule has 2 saturated carbocycles. The van der Waals surface area contributed by atoms with Gasteiger partial charge in [0.15, 0.2) is 0 Å². The highest BCUT2D eigenvalue weighted by Crippen LogP contribution is 2.56. The molecular formula is C13H20BO2. The third kappa shape index (κ3) is 1.36. The van der Waals surface area contributed by atoms with Crippen molar-refractivity contribution in [2.24, 2.45) is 23.7 Å². The number of ether oxygens (including phenoxy) is 1. The van der Waals surface area contributed by atoms with Crippen LogP contribution in [0.25, 0.3) is 0 Å². The van der Waals surface area contributed by atoms with Crippen molar-refractivity contribution >= 4 is 13.2 Å². The van der Waals surface area contributed by atoms with Gasteiger partial charge in [-0.25, -0.2) is 0 Å². The molecule has 0 aromatic carbocycles. The second-order valence-electron chi connectivity index (χ2n) is 5.83. The topological polar surface area (TPSA) is 26.3 Å². The molecule has 0 bridgehead atoms. The number of cyclic esters (lactones) is 1. The van der Waals surface area contributed by atoms with Crippen LogP contribution in [-0.2, 0) is 9.53 Å². The minimum Gasteiger partial charge on any atom is -0.462 e. The number of esters is 1. The Balaban J connectivity index is 1.90. The Labute approximate surface area is 98.4 Å². The Morgan fingerprint density at radius 1 is 1.38 bits per heavy atom. The molecule has 0 N–H and O–H groups in total. The average molecular weight is 219 g/mol. The smallest absolute Gasteiger partial charge is 0.309 e. The van der Waals surface area contributed by atoms with Gasteiger partial charge in [-0.1, -0.05) is 31.9 Å². The molecular weight excluding hydrogens is 199 g/mol. The normalized spacial score (nSPS) is 50.8. The Kier molecular flexibility index (Phi) is 2.52. The molecule has 3 fully saturated rings. The zero-order valence-corrected chi connectivity index (χ0v) is 10.2. The Morgan fingerprint density at radius 2 is 2.19 bits per heavy atom. The summed E-state index contributed by atoms with van der Waals surface area (Å²) in [5.41, 5.74) is 0. The Hall–Kier alpha value is -0.465. The van der Waals surface area contributed by atoms with Crippen LogP contribution in [0.15, 0.2) is 0 Å². The number of carbonyl (C=O) groups excluding carboxylic acids is 1. The molecule has 0 spiro atoms. The number of hydrogen-bond donors (Lipinski definition) is 0. The van der Waals surface area contributed by atoms with Crippen molar-refractivity contribution in [2.75, 3.05) is 0 Å². The predicted octanol–water partition coefficient (Wildman–Crippen LogP) is 2.52. The van der Waals surface area contributed by atoms with Gasteiger partial charge in [-0.2, -0.15) is 0 Å². The number of carbonyl (C=O) groups is 1. The third-order valence-corrected chi connectivity index (χ3v) is 5.21. The van der Waals surface area contributed by atoms with Crippen LogP contribution in [0.5, 0.6) is 0 Å². The van der Waals surface area contributed by atoms with Crippen LogP contribution in [0.3, 0.4) is 0 Å². The van der Waals surface area contributed by atoms with E-state index >= 15 is 0 Å². The van der Waals surface area contributed by atoms with Crippen molar-refractivity contribution < 1.29 is 9.53 Å². The first-order chi connectivity index (χ1) is 7.72. The maximum atomic E-state index is 11.8.